The lowest BCUT2D eigenvalue weighted by atomic mass is 10.1. The normalized spacial score (nSPS) is 34.2. The second-order valence-corrected chi connectivity index (χ2v) is 10.8. The minimum absolute atomic E-state index is 0.0931. The van der Waals surface area contributed by atoms with Gasteiger partial charge < -0.3 is 25.2 Å². The monoisotopic (exact) mass is 316 g/mol. The summed E-state index contributed by atoms with van der Waals surface area (Å²) in [4.78, 5) is 13.0. The fraction of sp³-hybridized carbons (Fsp3) is 0.714. The van der Waals surface area contributed by atoms with Crippen LogP contribution in [0.15, 0.2) is 12.4 Å². The van der Waals surface area contributed by atoms with Crippen LogP contribution in [0.2, 0.25) is 0 Å². The molecule has 0 saturated carbocycles. The van der Waals surface area contributed by atoms with Gasteiger partial charge in [-0.25, -0.2) is 0 Å². The maximum absolute atomic E-state index is 11.3. The number of hydrogen-bond donors (Lipinski definition) is 3. The quantitative estimate of drug-likeness (QED) is 0.627. The van der Waals surface area contributed by atoms with Gasteiger partial charge in [0.15, 0.2) is 6.23 Å². The van der Waals surface area contributed by atoms with E-state index < -0.39 is 31.4 Å². The van der Waals surface area contributed by atoms with Gasteiger partial charge in [-0.15, -0.1) is 13.2 Å². The number of amides is 1. The minimum atomic E-state index is -1.20. The molecular weight excluding hydrogens is 291 g/mol. The first-order chi connectivity index (χ1) is 9.69. The van der Waals surface area contributed by atoms with Gasteiger partial charge in [0.2, 0.25) is 5.91 Å². The molecule has 21 heavy (non-hydrogen) atoms. The molecule has 7 heteroatoms. The molecule has 2 fully saturated rings. The molecule has 2 heterocycles. The highest BCUT2D eigenvalue weighted by molar-refractivity contribution is 7.72. The molecule has 3 N–H and O–H groups in total. The van der Waals surface area contributed by atoms with Crippen molar-refractivity contribution in [3.8, 4) is 0 Å². The second kappa shape index (κ2) is 6.13. The molecule has 0 aromatic rings. The first kappa shape index (κ1) is 16.6. The summed E-state index contributed by atoms with van der Waals surface area (Å²) in [6.07, 6.45) is 3.04. The molecule has 120 valence electrons. The van der Waals surface area contributed by atoms with Gasteiger partial charge in [0, 0.05) is 13.0 Å². The molecule has 0 spiro atoms. The van der Waals surface area contributed by atoms with E-state index in [-0.39, 0.29) is 5.91 Å². The highest BCUT2D eigenvalue weighted by atomic mass is 31.2. The van der Waals surface area contributed by atoms with Gasteiger partial charge in [-0.1, -0.05) is 6.58 Å². The van der Waals surface area contributed by atoms with E-state index >= 15 is 0 Å². The van der Waals surface area contributed by atoms with Gasteiger partial charge in [0.25, 0.3) is 0 Å². The number of nitrogens with one attached hydrogen (secondary N) is 1. The van der Waals surface area contributed by atoms with Crippen LogP contribution in [0, 0.1) is 0 Å². The number of rotatable bonds is 4. The molecule has 2 aliphatic heterocycles. The van der Waals surface area contributed by atoms with Crippen LogP contribution in [-0.2, 0) is 9.53 Å². The van der Waals surface area contributed by atoms with Crippen LogP contribution in [0.5, 0.6) is 0 Å². The summed E-state index contributed by atoms with van der Waals surface area (Å²) in [5.41, 5.74) is 0. The Hall–Kier alpha value is -0.810. The number of aliphatic hydroxyl groups is 2. The van der Waals surface area contributed by atoms with E-state index in [1.54, 1.807) is 4.90 Å². The lowest BCUT2D eigenvalue weighted by Crippen LogP contribution is -2.51. The van der Waals surface area contributed by atoms with Crippen LogP contribution in [0.25, 0.3) is 0 Å². The predicted molar refractivity (Wildman–Crippen MR) is 84.7 cm³/mol. The van der Waals surface area contributed by atoms with Crippen LogP contribution in [0.3, 0.4) is 0 Å². The SMILES string of the molecule is C=C1NC(=O)CCN1[C@@H]1O[C@H](CCP(=C)(C)C)[C@@H](O)[C@H]1O. The van der Waals surface area contributed by atoms with Crippen molar-refractivity contribution in [1.82, 2.24) is 10.2 Å². The van der Waals surface area contributed by atoms with Crippen LogP contribution >= 0.6 is 6.89 Å². The standard InChI is InChI=1S/C14H25N2O4P/c1-9-15-11(17)5-7-16(9)14-13(19)12(18)10(20-14)6-8-21(2,3)4/h10,12-14,18-19H,1-2,5-8H2,3-4H3,(H,15,17)/t10-,12-,13-,14-/m1/s1. The number of carbonyl (C=O) groups excluding carboxylic acids is 1. The Morgan fingerprint density at radius 2 is 2.10 bits per heavy atom. The summed E-state index contributed by atoms with van der Waals surface area (Å²) >= 11 is 0. The molecule has 0 bridgehead atoms. The molecule has 0 radical (unpaired) electrons. The second-order valence-electron chi connectivity index (χ2n) is 6.43. The average Bonchev–Trinajstić information content (AvgIpc) is 2.64. The number of carbonyl (C=O) groups is 1. The molecule has 0 unspecified atom stereocenters. The largest absolute Gasteiger partial charge is 0.388 e. The predicted octanol–water partition coefficient (Wildman–Crippen LogP) is -0.174. The van der Waals surface area contributed by atoms with Crippen molar-refractivity contribution < 1.29 is 19.7 Å². The Kier molecular flexibility index (Phi) is 4.83. The van der Waals surface area contributed by atoms with E-state index in [1.807, 2.05) is 0 Å². The third kappa shape index (κ3) is 3.89. The zero-order chi connectivity index (χ0) is 15.8. The third-order valence-electron chi connectivity index (χ3n) is 3.87. The Morgan fingerprint density at radius 3 is 2.67 bits per heavy atom. The molecule has 6 nitrogen and oxygen atoms in total. The Labute approximate surface area is 125 Å². The topological polar surface area (TPSA) is 82.0 Å². The maximum Gasteiger partial charge on any atom is 0.227 e. The van der Waals surface area contributed by atoms with Gasteiger partial charge >= 0.3 is 0 Å². The van der Waals surface area contributed by atoms with Gasteiger partial charge in [0.05, 0.1) is 6.10 Å². The smallest absolute Gasteiger partial charge is 0.227 e. The van der Waals surface area contributed by atoms with Crippen LogP contribution < -0.4 is 5.32 Å². The summed E-state index contributed by atoms with van der Waals surface area (Å²) in [7, 11) is 0. The summed E-state index contributed by atoms with van der Waals surface area (Å²) in [6, 6.07) is 0. The molecule has 0 aromatic carbocycles. The summed E-state index contributed by atoms with van der Waals surface area (Å²) in [5.74, 6) is 0.317. The summed E-state index contributed by atoms with van der Waals surface area (Å²) in [6.45, 7) is 7.27. The molecule has 2 aliphatic rings. The van der Waals surface area contributed by atoms with Crippen molar-refractivity contribution in [1.29, 1.82) is 0 Å². The van der Waals surface area contributed by atoms with E-state index in [0.717, 1.165) is 6.16 Å². The molecule has 4 atom stereocenters. The van der Waals surface area contributed by atoms with Gasteiger partial charge in [-0.3, -0.25) is 4.79 Å². The highest BCUT2D eigenvalue weighted by Gasteiger charge is 2.46. The minimum Gasteiger partial charge on any atom is -0.388 e. The van der Waals surface area contributed by atoms with Crippen molar-refractivity contribution in [2.45, 2.75) is 37.4 Å². The zero-order valence-corrected chi connectivity index (χ0v) is 13.6. The Morgan fingerprint density at radius 1 is 1.43 bits per heavy atom. The number of ether oxygens (including phenoxy) is 1. The van der Waals surface area contributed by atoms with Crippen LogP contribution in [-0.4, -0.2) is 77.9 Å². The first-order valence-corrected chi connectivity index (χ1v) is 10.2. The lowest BCUT2D eigenvalue weighted by molar-refractivity contribution is -0.128. The number of aliphatic hydroxyl groups excluding tert-OH is 2. The van der Waals surface area contributed by atoms with Crippen molar-refractivity contribution in [3.63, 3.8) is 0 Å². The highest BCUT2D eigenvalue weighted by Crippen LogP contribution is 2.38. The Balaban J connectivity index is 2.01. The van der Waals surface area contributed by atoms with Crippen molar-refractivity contribution in [2.24, 2.45) is 0 Å². The van der Waals surface area contributed by atoms with E-state index in [4.69, 9.17) is 4.74 Å². The molecule has 1 amide bonds. The van der Waals surface area contributed by atoms with Crippen LogP contribution in [0.4, 0.5) is 0 Å². The molecular formula is C14H25N2O4P. The van der Waals surface area contributed by atoms with E-state index in [2.05, 4.69) is 31.5 Å². The fourth-order valence-corrected chi connectivity index (χ4v) is 3.59. The summed E-state index contributed by atoms with van der Waals surface area (Å²) in [5, 5.41) is 23.0. The van der Waals surface area contributed by atoms with E-state index in [1.165, 1.54) is 0 Å². The zero-order valence-electron chi connectivity index (χ0n) is 12.7. The molecule has 0 aromatic heterocycles. The first-order valence-electron chi connectivity index (χ1n) is 7.13. The molecule has 2 saturated heterocycles. The average molecular weight is 316 g/mol. The summed E-state index contributed by atoms with van der Waals surface area (Å²) < 4.78 is 5.83. The van der Waals surface area contributed by atoms with Gasteiger partial charge in [0.1, 0.15) is 18.0 Å². The number of nitrogens with zero attached hydrogens (tertiary/aromatic N) is 1. The van der Waals surface area contributed by atoms with Gasteiger partial charge in [-0.2, -0.15) is 0 Å². The fourth-order valence-electron chi connectivity index (χ4n) is 2.64. The van der Waals surface area contributed by atoms with Crippen LogP contribution in [0.1, 0.15) is 12.8 Å². The van der Waals surface area contributed by atoms with Crippen molar-refractivity contribution >= 4 is 19.1 Å². The third-order valence-corrected chi connectivity index (χ3v) is 5.34. The molecule has 0 aliphatic carbocycles. The maximum atomic E-state index is 11.3. The van der Waals surface area contributed by atoms with Gasteiger partial charge in [-0.05, 0) is 25.9 Å². The van der Waals surface area contributed by atoms with E-state index in [0.29, 0.717) is 25.2 Å². The lowest BCUT2D eigenvalue weighted by Gasteiger charge is -2.36. The van der Waals surface area contributed by atoms with E-state index in [9.17, 15) is 15.0 Å². The Bertz CT molecular complexity index is 476. The number of hydrogen-bond acceptors (Lipinski definition) is 5. The molecule has 2 rings (SSSR count). The van der Waals surface area contributed by atoms with Crippen molar-refractivity contribution in [2.75, 3.05) is 26.0 Å². The van der Waals surface area contributed by atoms with Crippen molar-refractivity contribution in [3.05, 3.63) is 12.4 Å².